The molecular formula is C22H26N4O3. The van der Waals surface area contributed by atoms with Crippen molar-refractivity contribution in [3.8, 4) is 28.4 Å². The number of methoxy groups -OCH3 is 1. The molecule has 0 saturated carbocycles. The van der Waals surface area contributed by atoms with Crippen LogP contribution in [-0.2, 0) is 6.42 Å². The Morgan fingerprint density at radius 2 is 1.66 bits per heavy atom. The van der Waals surface area contributed by atoms with Crippen molar-refractivity contribution in [1.82, 2.24) is 9.97 Å². The maximum atomic E-state index is 6.01. The molecule has 2 aromatic carbocycles. The number of ether oxygens (including phenoxy) is 3. The van der Waals surface area contributed by atoms with Crippen LogP contribution in [-0.4, -0.2) is 30.3 Å². The van der Waals surface area contributed by atoms with E-state index >= 15 is 0 Å². The van der Waals surface area contributed by atoms with Crippen molar-refractivity contribution in [3.05, 3.63) is 53.7 Å². The van der Waals surface area contributed by atoms with E-state index in [1.165, 1.54) is 0 Å². The average molecular weight is 394 g/mol. The number of rotatable bonds is 8. The van der Waals surface area contributed by atoms with E-state index in [1.807, 2.05) is 50.2 Å². The molecule has 0 atom stereocenters. The van der Waals surface area contributed by atoms with Gasteiger partial charge in [-0.1, -0.05) is 12.1 Å². The minimum absolute atomic E-state index is 0.157. The first kappa shape index (κ1) is 20.3. The van der Waals surface area contributed by atoms with E-state index in [9.17, 15) is 0 Å². The average Bonchev–Trinajstić information content (AvgIpc) is 2.70. The molecule has 0 fully saturated rings. The van der Waals surface area contributed by atoms with Gasteiger partial charge in [-0.25, -0.2) is 4.98 Å². The largest absolute Gasteiger partial charge is 0.497 e. The van der Waals surface area contributed by atoms with E-state index in [2.05, 4.69) is 9.97 Å². The van der Waals surface area contributed by atoms with Crippen LogP contribution in [0.25, 0.3) is 11.1 Å². The van der Waals surface area contributed by atoms with Crippen molar-refractivity contribution >= 4 is 11.8 Å². The third-order valence-electron chi connectivity index (χ3n) is 4.40. The standard InChI is InChI=1S/C22H26N4O3/c1-4-28-18-10-14(9-16-13-25-22(24)26-21(16)23)11-19(29-5-2)20(18)15-7-6-8-17(12-15)27-3/h6-8,10-13H,4-5,9H2,1-3H3,(H4,23,24,25,26). The van der Waals surface area contributed by atoms with Gasteiger partial charge in [-0.2, -0.15) is 4.98 Å². The number of hydrogen-bond acceptors (Lipinski definition) is 7. The molecule has 4 N–H and O–H groups in total. The van der Waals surface area contributed by atoms with Gasteiger partial charge in [-0.3, -0.25) is 0 Å². The minimum Gasteiger partial charge on any atom is -0.497 e. The molecule has 3 aromatic rings. The van der Waals surface area contributed by atoms with Gasteiger partial charge in [-0.05, 0) is 49.2 Å². The molecule has 7 nitrogen and oxygen atoms in total. The zero-order chi connectivity index (χ0) is 20.8. The smallest absolute Gasteiger partial charge is 0.221 e. The lowest BCUT2D eigenvalue weighted by Gasteiger charge is -2.18. The Morgan fingerprint density at radius 1 is 0.966 bits per heavy atom. The third kappa shape index (κ3) is 4.68. The van der Waals surface area contributed by atoms with Crippen LogP contribution in [0.2, 0.25) is 0 Å². The summed E-state index contributed by atoms with van der Waals surface area (Å²) in [5, 5.41) is 0. The lowest BCUT2D eigenvalue weighted by Crippen LogP contribution is -2.05. The number of hydrogen-bond donors (Lipinski definition) is 2. The summed E-state index contributed by atoms with van der Waals surface area (Å²) in [6, 6.07) is 11.8. The fourth-order valence-electron chi connectivity index (χ4n) is 3.14. The molecule has 0 spiro atoms. The fraction of sp³-hybridized carbons (Fsp3) is 0.273. The Morgan fingerprint density at radius 3 is 2.24 bits per heavy atom. The van der Waals surface area contributed by atoms with Crippen LogP contribution in [0.4, 0.5) is 11.8 Å². The van der Waals surface area contributed by atoms with Gasteiger partial charge in [0.25, 0.3) is 0 Å². The number of nitrogen functional groups attached to an aromatic ring is 2. The summed E-state index contributed by atoms with van der Waals surface area (Å²) in [5.41, 5.74) is 15.2. The molecule has 1 aromatic heterocycles. The molecule has 29 heavy (non-hydrogen) atoms. The quantitative estimate of drug-likeness (QED) is 0.600. The van der Waals surface area contributed by atoms with Crippen molar-refractivity contribution in [2.45, 2.75) is 20.3 Å². The predicted molar refractivity (Wildman–Crippen MR) is 114 cm³/mol. The first-order valence-corrected chi connectivity index (χ1v) is 9.49. The first-order chi connectivity index (χ1) is 14.0. The van der Waals surface area contributed by atoms with Crippen molar-refractivity contribution < 1.29 is 14.2 Å². The maximum absolute atomic E-state index is 6.01. The summed E-state index contributed by atoms with van der Waals surface area (Å²) in [4.78, 5) is 8.09. The van der Waals surface area contributed by atoms with E-state index in [1.54, 1.807) is 13.3 Å². The van der Waals surface area contributed by atoms with Gasteiger partial charge in [0.05, 0.1) is 25.9 Å². The highest BCUT2D eigenvalue weighted by molar-refractivity contribution is 5.78. The van der Waals surface area contributed by atoms with Crippen LogP contribution in [0, 0.1) is 0 Å². The van der Waals surface area contributed by atoms with E-state index in [0.717, 1.165) is 39.5 Å². The third-order valence-corrected chi connectivity index (χ3v) is 4.40. The predicted octanol–water partition coefficient (Wildman–Crippen LogP) is 3.70. The van der Waals surface area contributed by atoms with Crippen LogP contribution in [0.5, 0.6) is 17.2 Å². The summed E-state index contributed by atoms with van der Waals surface area (Å²) >= 11 is 0. The van der Waals surface area contributed by atoms with E-state index < -0.39 is 0 Å². The van der Waals surface area contributed by atoms with Gasteiger partial charge in [0.15, 0.2) is 0 Å². The van der Waals surface area contributed by atoms with E-state index in [-0.39, 0.29) is 5.95 Å². The van der Waals surface area contributed by atoms with Gasteiger partial charge in [-0.15, -0.1) is 0 Å². The molecular weight excluding hydrogens is 368 g/mol. The molecule has 0 aliphatic rings. The van der Waals surface area contributed by atoms with E-state index in [0.29, 0.717) is 25.5 Å². The van der Waals surface area contributed by atoms with E-state index in [4.69, 9.17) is 25.7 Å². The fourth-order valence-corrected chi connectivity index (χ4v) is 3.14. The Balaban J connectivity index is 2.10. The lowest BCUT2D eigenvalue weighted by molar-refractivity contribution is 0.325. The van der Waals surface area contributed by atoms with Gasteiger partial charge < -0.3 is 25.7 Å². The Bertz CT molecular complexity index is 965. The molecule has 0 amide bonds. The summed E-state index contributed by atoms with van der Waals surface area (Å²) in [6.07, 6.45) is 2.18. The Kier molecular flexibility index (Phi) is 6.39. The highest BCUT2D eigenvalue weighted by atomic mass is 16.5. The van der Waals surface area contributed by atoms with Crippen molar-refractivity contribution in [1.29, 1.82) is 0 Å². The monoisotopic (exact) mass is 394 g/mol. The lowest BCUT2D eigenvalue weighted by atomic mass is 9.98. The molecule has 152 valence electrons. The molecule has 0 saturated heterocycles. The second-order valence-electron chi connectivity index (χ2n) is 6.38. The van der Waals surface area contributed by atoms with Crippen LogP contribution in [0.15, 0.2) is 42.6 Å². The van der Waals surface area contributed by atoms with Gasteiger partial charge >= 0.3 is 0 Å². The van der Waals surface area contributed by atoms with Crippen LogP contribution in [0.3, 0.4) is 0 Å². The Hall–Kier alpha value is -3.48. The number of aromatic nitrogens is 2. The van der Waals surface area contributed by atoms with Gasteiger partial charge in [0.1, 0.15) is 23.1 Å². The zero-order valence-corrected chi connectivity index (χ0v) is 16.9. The summed E-state index contributed by atoms with van der Waals surface area (Å²) in [7, 11) is 1.65. The second-order valence-corrected chi connectivity index (χ2v) is 6.38. The molecule has 0 aliphatic carbocycles. The molecule has 0 aliphatic heterocycles. The number of anilines is 2. The number of nitrogens with zero attached hydrogens (tertiary/aromatic N) is 2. The topological polar surface area (TPSA) is 106 Å². The molecule has 7 heteroatoms. The highest BCUT2D eigenvalue weighted by Crippen LogP contribution is 2.41. The summed E-state index contributed by atoms with van der Waals surface area (Å²) in [6.45, 7) is 4.96. The van der Waals surface area contributed by atoms with Crippen molar-refractivity contribution in [2.24, 2.45) is 0 Å². The van der Waals surface area contributed by atoms with Crippen molar-refractivity contribution in [3.63, 3.8) is 0 Å². The van der Waals surface area contributed by atoms with Gasteiger partial charge in [0.2, 0.25) is 5.95 Å². The molecule has 1 heterocycles. The normalized spacial score (nSPS) is 10.6. The van der Waals surface area contributed by atoms with Crippen LogP contribution < -0.4 is 25.7 Å². The Labute approximate surface area is 170 Å². The highest BCUT2D eigenvalue weighted by Gasteiger charge is 2.17. The molecule has 0 radical (unpaired) electrons. The molecule has 3 rings (SSSR count). The van der Waals surface area contributed by atoms with Crippen molar-refractivity contribution in [2.75, 3.05) is 31.8 Å². The SMILES string of the molecule is CCOc1cc(Cc2cnc(N)nc2N)cc(OCC)c1-c1cccc(OC)c1. The van der Waals surface area contributed by atoms with Crippen LogP contribution >= 0.6 is 0 Å². The number of nitrogens with two attached hydrogens (primary N) is 2. The molecule has 0 unspecified atom stereocenters. The maximum Gasteiger partial charge on any atom is 0.221 e. The summed E-state index contributed by atoms with van der Waals surface area (Å²) < 4.78 is 17.3. The van der Waals surface area contributed by atoms with Crippen LogP contribution in [0.1, 0.15) is 25.0 Å². The minimum atomic E-state index is 0.157. The zero-order valence-electron chi connectivity index (χ0n) is 16.9. The second kappa shape index (κ2) is 9.14. The molecule has 0 bridgehead atoms. The summed E-state index contributed by atoms with van der Waals surface area (Å²) in [5.74, 6) is 2.76. The van der Waals surface area contributed by atoms with Gasteiger partial charge in [0, 0.05) is 18.2 Å². The number of benzene rings is 2. The first-order valence-electron chi connectivity index (χ1n) is 9.49.